The third-order valence-electron chi connectivity index (χ3n) is 4.09. The summed E-state index contributed by atoms with van der Waals surface area (Å²) in [5, 5.41) is 11.9. The zero-order chi connectivity index (χ0) is 21.3. The highest BCUT2D eigenvalue weighted by atomic mass is 19.1. The highest BCUT2D eigenvalue weighted by molar-refractivity contribution is 5.76. The van der Waals surface area contributed by atoms with Crippen LogP contribution in [0, 0.1) is 11.6 Å². The molecule has 8 heteroatoms. The third kappa shape index (κ3) is 9.53. The van der Waals surface area contributed by atoms with Gasteiger partial charge in [0.15, 0.2) is 17.4 Å². The van der Waals surface area contributed by atoms with Gasteiger partial charge in [-0.25, -0.2) is 13.6 Å². The van der Waals surface area contributed by atoms with Crippen LogP contribution < -0.4 is 11.1 Å². The minimum absolute atomic E-state index is 0.0919. The molecule has 1 fully saturated rings. The van der Waals surface area contributed by atoms with E-state index in [1.165, 1.54) is 6.42 Å². The monoisotopic (exact) mass is 400 g/mol. The van der Waals surface area contributed by atoms with E-state index >= 15 is 0 Å². The van der Waals surface area contributed by atoms with E-state index in [1.54, 1.807) is 20.8 Å². The molecule has 0 unspecified atom stereocenters. The van der Waals surface area contributed by atoms with E-state index in [0.717, 1.165) is 37.8 Å². The molecule has 2 amide bonds. The van der Waals surface area contributed by atoms with Gasteiger partial charge in [-0.2, -0.15) is 0 Å². The van der Waals surface area contributed by atoms with Crippen LogP contribution in [0.2, 0.25) is 0 Å². The molecule has 1 saturated carbocycles. The standard InChI is InChI=1S/C15H19F2NO2.C5H11NO2/c16-12-8-10(9-13(17)15(12)20)6-7-14(19)18-11-4-2-1-3-5-11;1-5(2,3)8-4(6)7/h8-9,11,20H,1-7H2,(H,18,19);1-3H3,(H2,6,7). The SMILES string of the molecule is CC(C)(C)OC(N)=O.O=C(CCc1cc(F)c(O)c(F)c1)NC1CCCCC1. The molecule has 0 heterocycles. The second kappa shape index (κ2) is 10.8. The summed E-state index contributed by atoms with van der Waals surface area (Å²) in [6, 6.07) is 2.36. The number of hydrogen-bond donors (Lipinski definition) is 3. The first-order valence-corrected chi connectivity index (χ1v) is 9.42. The van der Waals surface area contributed by atoms with Crippen LogP contribution in [0.5, 0.6) is 5.75 Å². The topological polar surface area (TPSA) is 102 Å². The third-order valence-corrected chi connectivity index (χ3v) is 4.09. The minimum Gasteiger partial charge on any atom is -0.503 e. The largest absolute Gasteiger partial charge is 0.503 e. The Labute approximate surface area is 164 Å². The van der Waals surface area contributed by atoms with E-state index in [0.29, 0.717) is 5.56 Å². The van der Waals surface area contributed by atoms with E-state index < -0.39 is 29.1 Å². The van der Waals surface area contributed by atoms with Crippen molar-refractivity contribution >= 4 is 12.0 Å². The summed E-state index contributed by atoms with van der Waals surface area (Å²) >= 11 is 0. The number of phenols is 1. The molecule has 4 N–H and O–H groups in total. The van der Waals surface area contributed by atoms with E-state index in [4.69, 9.17) is 10.8 Å². The van der Waals surface area contributed by atoms with Crippen molar-refractivity contribution in [3.63, 3.8) is 0 Å². The predicted molar refractivity (Wildman–Crippen MR) is 102 cm³/mol. The van der Waals surface area contributed by atoms with Crippen molar-refractivity contribution in [1.29, 1.82) is 0 Å². The van der Waals surface area contributed by atoms with E-state index in [2.05, 4.69) is 10.1 Å². The van der Waals surface area contributed by atoms with Crippen molar-refractivity contribution < 1.29 is 28.2 Å². The fraction of sp³-hybridized carbons (Fsp3) is 0.600. The van der Waals surface area contributed by atoms with E-state index in [-0.39, 0.29) is 24.8 Å². The lowest BCUT2D eigenvalue weighted by Gasteiger charge is -2.22. The summed E-state index contributed by atoms with van der Waals surface area (Å²) in [6.07, 6.45) is 5.24. The highest BCUT2D eigenvalue weighted by Crippen LogP contribution is 2.22. The van der Waals surface area contributed by atoms with Gasteiger partial charge >= 0.3 is 6.09 Å². The van der Waals surface area contributed by atoms with Gasteiger partial charge in [-0.3, -0.25) is 4.79 Å². The van der Waals surface area contributed by atoms with Crippen LogP contribution in [0.3, 0.4) is 0 Å². The number of nitrogens with one attached hydrogen (secondary N) is 1. The Bertz CT molecular complexity index is 646. The lowest BCUT2D eigenvalue weighted by Crippen LogP contribution is -2.36. The van der Waals surface area contributed by atoms with Crippen LogP contribution in [0.25, 0.3) is 0 Å². The summed E-state index contributed by atoms with van der Waals surface area (Å²) < 4.78 is 30.9. The highest BCUT2D eigenvalue weighted by Gasteiger charge is 2.16. The molecule has 0 spiro atoms. The normalized spacial score (nSPS) is 14.6. The molecule has 28 heavy (non-hydrogen) atoms. The van der Waals surface area contributed by atoms with Gasteiger partial charge in [0.1, 0.15) is 5.60 Å². The Hall–Kier alpha value is -2.38. The van der Waals surface area contributed by atoms with Gasteiger partial charge in [0, 0.05) is 12.5 Å². The maximum atomic E-state index is 13.1. The molecule has 1 aliphatic rings. The smallest absolute Gasteiger partial charge is 0.405 e. The molecule has 1 aromatic rings. The lowest BCUT2D eigenvalue weighted by atomic mass is 9.95. The molecular formula is C20H30F2N2O4. The molecule has 0 atom stereocenters. The van der Waals surface area contributed by atoms with Crippen molar-refractivity contribution in [2.45, 2.75) is 77.4 Å². The van der Waals surface area contributed by atoms with Crippen molar-refractivity contribution in [2.24, 2.45) is 5.73 Å². The van der Waals surface area contributed by atoms with Gasteiger partial charge < -0.3 is 20.9 Å². The van der Waals surface area contributed by atoms with Crippen LogP contribution in [0.4, 0.5) is 13.6 Å². The van der Waals surface area contributed by atoms with Crippen molar-refractivity contribution in [3.05, 3.63) is 29.3 Å². The number of hydrogen-bond acceptors (Lipinski definition) is 4. The number of carbonyl (C=O) groups excluding carboxylic acids is 2. The number of aryl methyl sites for hydroxylation is 1. The van der Waals surface area contributed by atoms with Crippen LogP contribution in [0.15, 0.2) is 12.1 Å². The van der Waals surface area contributed by atoms with Crippen molar-refractivity contribution in [1.82, 2.24) is 5.32 Å². The lowest BCUT2D eigenvalue weighted by molar-refractivity contribution is -0.122. The number of nitrogens with two attached hydrogens (primary N) is 1. The predicted octanol–water partition coefficient (Wildman–Crippen LogP) is 3.93. The van der Waals surface area contributed by atoms with Gasteiger partial charge in [-0.05, 0) is 57.7 Å². The van der Waals surface area contributed by atoms with Gasteiger partial charge in [0.25, 0.3) is 0 Å². The molecule has 0 bridgehead atoms. The number of carbonyl (C=O) groups is 2. The van der Waals surface area contributed by atoms with E-state index in [1.807, 2.05) is 0 Å². The van der Waals surface area contributed by atoms with Crippen LogP contribution >= 0.6 is 0 Å². The fourth-order valence-corrected chi connectivity index (χ4v) is 2.87. The summed E-state index contributed by atoms with van der Waals surface area (Å²) in [5.74, 6) is -3.05. The average Bonchev–Trinajstić information content (AvgIpc) is 2.57. The molecule has 158 valence electrons. The minimum atomic E-state index is -0.993. The first kappa shape index (κ1) is 23.7. The number of phenolic OH excluding ortho intramolecular Hbond substituents is 1. The van der Waals surface area contributed by atoms with E-state index in [9.17, 15) is 18.4 Å². The van der Waals surface area contributed by atoms with Crippen molar-refractivity contribution in [2.75, 3.05) is 0 Å². The van der Waals surface area contributed by atoms with Crippen molar-refractivity contribution in [3.8, 4) is 5.75 Å². The van der Waals surface area contributed by atoms with Crippen LogP contribution in [-0.2, 0) is 16.0 Å². The summed E-state index contributed by atoms with van der Waals surface area (Å²) in [7, 11) is 0. The molecule has 1 aliphatic carbocycles. The summed E-state index contributed by atoms with van der Waals surface area (Å²) in [4.78, 5) is 21.8. The first-order valence-electron chi connectivity index (χ1n) is 9.42. The number of aromatic hydroxyl groups is 1. The Morgan fingerprint density at radius 1 is 1.18 bits per heavy atom. The second-order valence-corrected chi connectivity index (χ2v) is 7.84. The maximum absolute atomic E-state index is 13.1. The summed E-state index contributed by atoms with van der Waals surface area (Å²) in [6.45, 7) is 5.28. The zero-order valence-electron chi connectivity index (χ0n) is 16.7. The second-order valence-electron chi connectivity index (χ2n) is 7.84. The summed E-state index contributed by atoms with van der Waals surface area (Å²) in [5.41, 5.74) is 4.64. The molecule has 0 aliphatic heterocycles. The Balaban J connectivity index is 0.000000416. The molecule has 0 radical (unpaired) electrons. The number of amides is 2. The Morgan fingerprint density at radius 2 is 1.71 bits per heavy atom. The Morgan fingerprint density at radius 3 is 2.14 bits per heavy atom. The molecule has 0 saturated heterocycles. The molecule has 2 rings (SSSR count). The fourth-order valence-electron chi connectivity index (χ4n) is 2.87. The number of ether oxygens (including phenoxy) is 1. The maximum Gasteiger partial charge on any atom is 0.405 e. The van der Waals surface area contributed by atoms with Gasteiger partial charge in [0.2, 0.25) is 5.91 Å². The number of halogens is 2. The van der Waals surface area contributed by atoms with Gasteiger partial charge in [-0.1, -0.05) is 19.3 Å². The van der Waals surface area contributed by atoms with Gasteiger partial charge in [-0.15, -0.1) is 0 Å². The quantitative estimate of drug-likeness (QED) is 0.713. The first-order chi connectivity index (χ1) is 13.0. The average molecular weight is 400 g/mol. The zero-order valence-corrected chi connectivity index (χ0v) is 16.7. The van der Waals surface area contributed by atoms with Gasteiger partial charge in [0.05, 0.1) is 0 Å². The Kier molecular flexibility index (Phi) is 9.15. The molecule has 1 aromatic carbocycles. The number of benzene rings is 1. The van der Waals surface area contributed by atoms with Crippen LogP contribution in [-0.4, -0.2) is 28.7 Å². The number of rotatable bonds is 4. The number of primary amides is 1. The molecule has 6 nitrogen and oxygen atoms in total. The molecular weight excluding hydrogens is 370 g/mol. The van der Waals surface area contributed by atoms with Crippen LogP contribution in [0.1, 0.15) is 64.9 Å². The molecule has 0 aromatic heterocycles.